The first-order valence-corrected chi connectivity index (χ1v) is 7.66. The van der Waals surface area contributed by atoms with Crippen molar-refractivity contribution in [2.45, 2.75) is 37.9 Å². The first kappa shape index (κ1) is 13.2. The van der Waals surface area contributed by atoms with E-state index >= 15 is 0 Å². The van der Waals surface area contributed by atoms with Crippen LogP contribution < -0.4 is 5.56 Å². The molecule has 5 nitrogen and oxygen atoms in total. The quantitative estimate of drug-likeness (QED) is 0.793. The van der Waals surface area contributed by atoms with E-state index in [-0.39, 0.29) is 24.1 Å². The van der Waals surface area contributed by atoms with Gasteiger partial charge in [0.15, 0.2) is 0 Å². The predicted octanol–water partition coefficient (Wildman–Crippen LogP) is 1.72. The number of fused-ring (bicyclic) bond motifs is 3. The molecule has 0 radical (unpaired) electrons. The zero-order valence-corrected chi connectivity index (χ0v) is 12.2. The molecule has 0 aliphatic carbocycles. The lowest BCUT2D eigenvalue weighted by molar-refractivity contribution is -0.134. The van der Waals surface area contributed by atoms with Gasteiger partial charge >= 0.3 is 0 Å². The Morgan fingerprint density at radius 1 is 1.27 bits per heavy atom. The summed E-state index contributed by atoms with van der Waals surface area (Å²) in [6.07, 6.45) is 8.75. The topological polar surface area (TPSA) is 55.2 Å². The van der Waals surface area contributed by atoms with Crippen molar-refractivity contribution < 1.29 is 4.79 Å². The largest absolute Gasteiger partial charge is 0.331 e. The summed E-state index contributed by atoms with van der Waals surface area (Å²) in [5.74, 6) is 0.0102. The average Bonchev–Trinajstić information content (AvgIpc) is 2.80. The van der Waals surface area contributed by atoms with E-state index in [4.69, 9.17) is 0 Å². The highest BCUT2D eigenvalue weighted by Crippen LogP contribution is 2.31. The Morgan fingerprint density at radius 3 is 3.00 bits per heavy atom. The van der Waals surface area contributed by atoms with Crippen molar-refractivity contribution in [3.05, 3.63) is 53.1 Å². The smallest absolute Gasteiger partial charge is 0.261 e. The molecule has 2 unspecified atom stereocenters. The van der Waals surface area contributed by atoms with Gasteiger partial charge in [0.05, 0.1) is 23.3 Å². The molecule has 1 aromatic heterocycles. The van der Waals surface area contributed by atoms with E-state index in [0.29, 0.717) is 16.9 Å². The Labute approximate surface area is 127 Å². The summed E-state index contributed by atoms with van der Waals surface area (Å²) in [4.78, 5) is 31.3. The molecule has 2 atom stereocenters. The number of amides is 1. The van der Waals surface area contributed by atoms with Gasteiger partial charge in [-0.1, -0.05) is 24.3 Å². The average molecular weight is 295 g/mol. The second-order valence-corrected chi connectivity index (χ2v) is 5.96. The van der Waals surface area contributed by atoms with E-state index in [1.165, 1.54) is 10.9 Å². The molecule has 1 amide bonds. The van der Waals surface area contributed by atoms with Crippen molar-refractivity contribution in [2.75, 3.05) is 0 Å². The van der Waals surface area contributed by atoms with Crippen molar-refractivity contribution in [2.24, 2.45) is 0 Å². The molecule has 1 aromatic carbocycles. The molecular weight excluding hydrogens is 278 g/mol. The number of para-hydroxylation sites is 1. The van der Waals surface area contributed by atoms with Crippen LogP contribution in [-0.4, -0.2) is 32.4 Å². The SMILES string of the molecule is O=C(Cn1cnc2ccccc2c1=O)N1C2C=CCC1CC2. The van der Waals surface area contributed by atoms with Crippen molar-refractivity contribution in [3.8, 4) is 0 Å². The molecule has 2 aliphatic heterocycles. The Kier molecular flexibility index (Phi) is 3.06. The fourth-order valence-electron chi connectivity index (χ4n) is 3.56. The number of carbonyl (C=O) groups is 1. The lowest BCUT2D eigenvalue weighted by Gasteiger charge is -2.31. The monoisotopic (exact) mass is 295 g/mol. The summed E-state index contributed by atoms with van der Waals surface area (Å²) in [5, 5.41) is 0.555. The molecule has 112 valence electrons. The van der Waals surface area contributed by atoms with Crippen LogP contribution in [0.1, 0.15) is 19.3 Å². The molecule has 2 aromatic rings. The number of aromatic nitrogens is 2. The fourth-order valence-corrected chi connectivity index (χ4v) is 3.56. The van der Waals surface area contributed by atoms with Crippen molar-refractivity contribution >= 4 is 16.8 Å². The molecule has 2 bridgehead atoms. The third kappa shape index (κ3) is 2.04. The lowest BCUT2D eigenvalue weighted by atomic mass is 10.1. The lowest BCUT2D eigenvalue weighted by Crippen LogP contribution is -2.44. The van der Waals surface area contributed by atoms with Gasteiger partial charge in [0.1, 0.15) is 6.54 Å². The Bertz CT molecular complexity index is 824. The minimum Gasteiger partial charge on any atom is -0.331 e. The van der Waals surface area contributed by atoms with Gasteiger partial charge in [-0.2, -0.15) is 0 Å². The van der Waals surface area contributed by atoms with Crippen LogP contribution in [0.2, 0.25) is 0 Å². The van der Waals surface area contributed by atoms with Crippen LogP contribution >= 0.6 is 0 Å². The minimum absolute atomic E-state index is 0.0102. The zero-order chi connectivity index (χ0) is 15.1. The van der Waals surface area contributed by atoms with E-state index < -0.39 is 0 Å². The molecule has 0 saturated carbocycles. The van der Waals surface area contributed by atoms with E-state index in [1.807, 2.05) is 17.0 Å². The molecule has 5 heteroatoms. The summed E-state index contributed by atoms with van der Waals surface area (Å²) in [7, 11) is 0. The Hall–Kier alpha value is -2.43. The Morgan fingerprint density at radius 2 is 2.14 bits per heavy atom. The first-order chi connectivity index (χ1) is 10.7. The van der Waals surface area contributed by atoms with Gasteiger partial charge < -0.3 is 4.90 Å². The molecule has 1 saturated heterocycles. The number of hydrogen-bond acceptors (Lipinski definition) is 3. The van der Waals surface area contributed by atoms with Crippen LogP contribution in [0.5, 0.6) is 0 Å². The van der Waals surface area contributed by atoms with Crippen molar-refractivity contribution in [1.82, 2.24) is 14.5 Å². The standard InChI is InChI=1S/C17H17N3O2/c21-16(20-12-4-3-5-13(20)9-8-12)10-19-11-18-15-7-2-1-6-14(15)17(19)22/h1-4,6-7,11-13H,5,8-10H2. The zero-order valence-electron chi connectivity index (χ0n) is 12.2. The van der Waals surface area contributed by atoms with Gasteiger partial charge in [-0.15, -0.1) is 0 Å². The second kappa shape index (κ2) is 5.09. The number of rotatable bonds is 2. The second-order valence-electron chi connectivity index (χ2n) is 5.96. The molecule has 0 spiro atoms. The van der Waals surface area contributed by atoms with Crippen LogP contribution in [-0.2, 0) is 11.3 Å². The highest BCUT2D eigenvalue weighted by atomic mass is 16.2. The number of nitrogens with zero attached hydrogens (tertiary/aromatic N) is 3. The van der Waals surface area contributed by atoms with Gasteiger partial charge in [-0.05, 0) is 31.4 Å². The van der Waals surface area contributed by atoms with Crippen molar-refractivity contribution in [1.29, 1.82) is 0 Å². The van der Waals surface area contributed by atoms with Crippen LogP contribution in [0, 0.1) is 0 Å². The molecule has 3 heterocycles. The maximum atomic E-state index is 12.6. The molecule has 4 rings (SSSR count). The van der Waals surface area contributed by atoms with Crippen LogP contribution in [0.3, 0.4) is 0 Å². The predicted molar refractivity (Wildman–Crippen MR) is 83.4 cm³/mol. The number of benzene rings is 1. The summed E-state index contributed by atoms with van der Waals surface area (Å²) in [6.45, 7) is 0.0670. The molecule has 2 aliphatic rings. The van der Waals surface area contributed by atoms with E-state index in [0.717, 1.165) is 19.3 Å². The third-order valence-corrected chi connectivity index (χ3v) is 4.64. The van der Waals surface area contributed by atoms with Crippen LogP contribution in [0.15, 0.2) is 47.5 Å². The van der Waals surface area contributed by atoms with E-state index in [9.17, 15) is 9.59 Å². The summed E-state index contributed by atoms with van der Waals surface area (Å²) in [5.41, 5.74) is 0.510. The maximum Gasteiger partial charge on any atom is 0.261 e. The van der Waals surface area contributed by atoms with Gasteiger partial charge in [-0.3, -0.25) is 14.2 Å². The molecule has 1 fully saturated rings. The fraction of sp³-hybridized carbons (Fsp3) is 0.353. The van der Waals surface area contributed by atoms with Crippen LogP contribution in [0.4, 0.5) is 0 Å². The van der Waals surface area contributed by atoms with Gasteiger partial charge in [0.25, 0.3) is 5.56 Å². The first-order valence-electron chi connectivity index (χ1n) is 7.66. The summed E-state index contributed by atoms with van der Waals surface area (Å²) in [6, 6.07) is 7.72. The maximum absolute atomic E-state index is 12.6. The normalized spacial score (nSPS) is 23.2. The highest BCUT2D eigenvalue weighted by Gasteiger charge is 2.36. The third-order valence-electron chi connectivity index (χ3n) is 4.64. The molecule has 22 heavy (non-hydrogen) atoms. The van der Waals surface area contributed by atoms with Gasteiger partial charge in [-0.25, -0.2) is 4.98 Å². The van der Waals surface area contributed by atoms with E-state index in [2.05, 4.69) is 17.1 Å². The van der Waals surface area contributed by atoms with Crippen LogP contribution in [0.25, 0.3) is 10.9 Å². The summed E-state index contributed by atoms with van der Waals surface area (Å²) < 4.78 is 1.42. The van der Waals surface area contributed by atoms with Gasteiger partial charge in [0, 0.05) is 6.04 Å². The number of carbonyl (C=O) groups excluding carboxylic acids is 1. The minimum atomic E-state index is -0.154. The summed E-state index contributed by atoms with van der Waals surface area (Å²) >= 11 is 0. The molecule has 0 N–H and O–H groups in total. The van der Waals surface area contributed by atoms with Crippen molar-refractivity contribution in [3.63, 3.8) is 0 Å². The van der Waals surface area contributed by atoms with Gasteiger partial charge in [0.2, 0.25) is 5.91 Å². The highest BCUT2D eigenvalue weighted by molar-refractivity contribution is 5.79. The van der Waals surface area contributed by atoms with E-state index in [1.54, 1.807) is 12.1 Å². The Balaban J connectivity index is 1.64. The molecular formula is C17H17N3O2. The number of hydrogen-bond donors (Lipinski definition) is 0.